The van der Waals surface area contributed by atoms with Gasteiger partial charge in [0.25, 0.3) is 0 Å². The molecule has 2 aromatic rings. The van der Waals surface area contributed by atoms with E-state index in [4.69, 9.17) is 0 Å². The van der Waals surface area contributed by atoms with Crippen LogP contribution in [0.4, 0.5) is 4.39 Å². The van der Waals surface area contributed by atoms with Gasteiger partial charge in [0, 0.05) is 11.6 Å². The van der Waals surface area contributed by atoms with Gasteiger partial charge in [-0.3, -0.25) is 4.98 Å². The highest BCUT2D eigenvalue weighted by Gasteiger charge is 2.27. The van der Waals surface area contributed by atoms with E-state index in [-0.39, 0.29) is 5.82 Å². The first-order valence-electron chi connectivity index (χ1n) is 8.26. The van der Waals surface area contributed by atoms with Crippen molar-refractivity contribution in [1.82, 2.24) is 4.98 Å². The molecule has 1 aliphatic rings. The highest BCUT2D eigenvalue weighted by Crippen LogP contribution is 2.41. The Morgan fingerprint density at radius 3 is 2.64 bits per heavy atom. The first-order valence-corrected chi connectivity index (χ1v) is 8.26. The lowest BCUT2D eigenvalue weighted by Crippen LogP contribution is -2.20. The van der Waals surface area contributed by atoms with Gasteiger partial charge in [-0.1, -0.05) is 19.1 Å². The molecule has 0 radical (unpaired) electrons. The van der Waals surface area contributed by atoms with Crippen LogP contribution in [0.1, 0.15) is 51.0 Å². The number of rotatable bonds is 3. The lowest BCUT2D eigenvalue weighted by molar-refractivity contribution is 0.270. The Labute approximate surface area is 132 Å². The minimum atomic E-state index is -0.175. The Kier molecular flexibility index (Phi) is 4.28. The molecule has 0 saturated heterocycles. The molecular weight excluding hydrogens is 273 g/mol. The maximum Gasteiger partial charge on any atom is 0.123 e. The molecule has 1 aromatic carbocycles. The van der Waals surface area contributed by atoms with Gasteiger partial charge in [-0.25, -0.2) is 4.39 Å². The fourth-order valence-corrected chi connectivity index (χ4v) is 3.83. The Morgan fingerprint density at radius 2 is 1.95 bits per heavy atom. The quantitative estimate of drug-likeness (QED) is 0.647. The van der Waals surface area contributed by atoms with E-state index in [1.165, 1.54) is 42.9 Å². The van der Waals surface area contributed by atoms with Crippen LogP contribution in [0.3, 0.4) is 0 Å². The summed E-state index contributed by atoms with van der Waals surface area (Å²) in [5.74, 6) is 1.71. The highest BCUT2D eigenvalue weighted by atomic mass is 19.1. The van der Waals surface area contributed by atoms with Crippen molar-refractivity contribution in [2.45, 2.75) is 45.4 Å². The molecule has 1 unspecified atom stereocenters. The molecule has 0 amide bonds. The Balaban J connectivity index is 1.82. The third kappa shape index (κ3) is 2.92. The van der Waals surface area contributed by atoms with Crippen molar-refractivity contribution in [2.24, 2.45) is 11.8 Å². The highest BCUT2D eigenvalue weighted by molar-refractivity contribution is 5.82. The molecule has 1 aliphatic carbocycles. The van der Waals surface area contributed by atoms with Gasteiger partial charge in [0.15, 0.2) is 0 Å². The summed E-state index contributed by atoms with van der Waals surface area (Å²) in [6, 6.07) is 6.99. The molecule has 0 spiro atoms. The lowest BCUT2D eigenvalue weighted by atomic mass is 9.72. The number of hydrogen-bond acceptors (Lipinski definition) is 1. The van der Waals surface area contributed by atoms with Crippen LogP contribution in [0.25, 0.3) is 10.9 Å². The zero-order chi connectivity index (χ0) is 15.7. The van der Waals surface area contributed by atoms with Crippen molar-refractivity contribution in [1.29, 1.82) is 0 Å². The number of pyridine rings is 1. The molecule has 1 saturated carbocycles. The van der Waals surface area contributed by atoms with Gasteiger partial charge in [-0.05, 0) is 80.2 Å². The van der Waals surface area contributed by atoms with Gasteiger partial charge in [0.05, 0.1) is 5.52 Å². The van der Waals surface area contributed by atoms with Crippen LogP contribution in [0.2, 0.25) is 0 Å². The third-order valence-electron chi connectivity index (χ3n) is 5.43. The molecule has 0 aliphatic heterocycles. The summed E-state index contributed by atoms with van der Waals surface area (Å²) in [6.07, 6.45) is 6.68. The van der Waals surface area contributed by atoms with Crippen molar-refractivity contribution < 1.29 is 4.39 Å². The van der Waals surface area contributed by atoms with Crippen LogP contribution >= 0.6 is 0 Å². The van der Waals surface area contributed by atoms with E-state index in [0.717, 1.165) is 16.8 Å². The smallest absolute Gasteiger partial charge is 0.123 e. The van der Waals surface area contributed by atoms with E-state index in [9.17, 15) is 4.39 Å². The normalized spacial score (nSPS) is 23.4. The van der Waals surface area contributed by atoms with Gasteiger partial charge in [0.2, 0.25) is 0 Å². The largest absolute Gasteiger partial charge is 0.256 e. The van der Waals surface area contributed by atoms with Gasteiger partial charge < -0.3 is 0 Å². The number of allylic oxidation sites excluding steroid dienone is 1. The predicted octanol–water partition coefficient (Wildman–Crippen LogP) is 5.86. The monoisotopic (exact) mass is 297 g/mol. The second-order valence-corrected chi connectivity index (χ2v) is 6.81. The number of hydrogen-bond donors (Lipinski definition) is 0. The van der Waals surface area contributed by atoms with Gasteiger partial charge in [0.1, 0.15) is 5.82 Å². The Bertz CT molecular complexity index is 683. The fourth-order valence-electron chi connectivity index (χ4n) is 3.83. The first-order chi connectivity index (χ1) is 10.6. The van der Waals surface area contributed by atoms with Crippen LogP contribution in [0.5, 0.6) is 0 Å². The Hall–Kier alpha value is -1.70. The Morgan fingerprint density at radius 1 is 1.23 bits per heavy atom. The van der Waals surface area contributed by atoms with E-state index in [2.05, 4.69) is 31.5 Å². The van der Waals surface area contributed by atoms with Crippen molar-refractivity contribution >= 4 is 10.9 Å². The molecule has 1 nitrogen and oxygen atoms in total. The molecule has 1 atom stereocenters. The molecule has 0 N–H and O–H groups in total. The number of benzene rings is 1. The summed E-state index contributed by atoms with van der Waals surface area (Å²) in [7, 11) is 0. The molecule has 1 fully saturated rings. The third-order valence-corrected chi connectivity index (χ3v) is 5.43. The second-order valence-electron chi connectivity index (χ2n) is 6.81. The summed E-state index contributed by atoms with van der Waals surface area (Å²) in [5, 5.41) is 0.985. The average Bonchev–Trinajstić information content (AvgIpc) is 2.53. The van der Waals surface area contributed by atoms with Crippen LogP contribution in [-0.4, -0.2) is 4.98 Å². The zero-order valence-electron chi connectivity index (χ0n) is 13.5. The standard InChI is InChI=1S/C20H24FN/c1-13(2)14(3)15-4-6-16(7-5-15)18-10-11-22-20-9-8-17(21)12-19(18)20/h8-12,14-16H,1,4-7H2,2-3H3. The molecule has 22 heavy (non-hydrogen) atoms. The fraction of sp³-hybridized carbons (Fsp3) is 0.450. The van der Waals surface area contributed by atoms with Gasteiger partial charge in [-0.2, -0.15) is 0 Å². The summed E-state index contributed by atoms with van der Waals surface area (Å²) in [5.41, 5.74) is 3.46. The van der Waals surface area contributed by atoms with E-state index >= 15 is 0 Å². The molecule has 116 valence electrons. The van der Waals surface area contributed by atoms with E-state index in [1.807, 2.05) is 6.20 Å². The topological polar surface area (TPSA) is 12.9 Å². The van der Waals surface area contributed by atoms with Gasteiger partial charge >= 0.3 is 0 Å². The van der Waals surface area contributed by atoms with Crippen molar-refractivity contribution in [3.8, 4) is 0 Å². The van der Waals surface area contributed by atoms with Crippen molar-refractivity contribution in [2.75, 3.05) is 0 Å². The molecule has 2 heteroatoms. The minimum absolute atomic E-state index is 0.175. The number of aromatic nitrogens is 1. The second kappa shape index (κ2) is 6.20. The average molecular weight is 297 g/mol. The summed E-state index contributed by atoms with van der Waals surface area (Å²) >= 11 is 0. The van der Waals surface area contributed by atoms with Crippen LogP contribution < -0.4 is 0 Å². The maximum absolute atomic E-state index is 13.6. The first kappa shape index (κ1) is 15.2. The number of halogens is 1. The van der Waals surface area contributed by atoms with E-state index in [1.54, 1.807) is 12.1 Å². The molecule has 1 heterocycles. The van der Waals surface area contributed by atoms with Crippen LogP contribution in [0, 0.1) is 17.7 Å². The van der Waals surface area contributed by atoms with Crippen molar-refractivity contribution in [3.05, 3.63) is 54.0 Å². The SMILES string of the molecule is C=C(C)C(C)C1CCC(c2ccnc3ccc(F)cc23)CC1. The summed E-state index contributed by atoms with van der Waals surface area (Å²) in [4.78, 5) is 4.37. The number of nitrogens with zero attached hydrogens (tertiary/aromatic N) is 1. The van der Waals surface area contributed by atoms with Crippen molar-refractivity contribution in [3.63, 3.8) is 0 Å². The van der Waals surface area contributed by atoms with Crippen LogP contribution in [-0.2, 0) is 0 Å². The van der Waals surface area contributed by atoms with Crippen LogP contribution in [0.15, 0.2) is 42.6 Å². The molecule has 1 aromatic heterocycles. The van der Waals surface area contributed by atoms with E-state index in [0.29, 0.717) is 11.8 Å². The minimum Gasteiger partial charge on any atom is -0.256 e. The summed E-state index contributed by atoms with van der Waals surface area (Å²) in [6.45, 7) is 8.54. The summed E-state index contributed by atoms with van der Waals surface area (Å²) < 4.78 is 13.6. The zero-order valence-corrected chi connectivity index (χ0v) is 13.5. The molecule has 3 rings (SSSR count). The van der Waals surface area contributed by atoms with Gasteiger partial charge in [-0.15, -0.1) is 0 Å². The molecular formula is C20H24FN. The maximum atomic E-state index is 13.6. The molecule has 0 bridgehead atoms. The number of fused-ring (bicyclic) bond motifs is 1. The predicted molar refractivity (Wildman–Crippen MR) is 90.4 cm³/mol. The lowest BCUT2D eigenvalue weighted by Gasteiger charge is -2.33. The van der Waals surface area contributed by atoms with E-state index < -0.39 is 0 Å².